The molecule has 0 spiro atoms. The van der Waals surface area contributed by atoms with E-state index in [1.54, 1.807) is 16.8 Å². The quantitative estimate of drug-likeness (QED) is 0.497. The van der Waals surface area contributed by atoms with Crippen molar-refractivity contribution in [1.29, 1.82) is 0 Å². The molecule has 7 heteroatoms. The minimum Gasteiger partial charge on any atom is -0.492 e. The van der Waals surface area contributed by atoms with Gasteiger partial charge in [0.15, 0.2) is 5.65 Å². The number of benzene rings is 2. The van der Waals surface area contributed by atoms with E-state index in [4.69, 9.17) is 10.5 Å². The van der Waals surface area contributed by atoms with Gasteiger partial charge in [-0.05, 0) is 48.9 Å². The van der Waals surface area contributed by atoms with Crippen molar-refractivity contribution in [1.82, 2.24) is 14.6 Å². The van der Waals surface area contributed by atoms with Crippen molar-refractivity contribution in [3.63, 3.8) is 0 Å². The maximum Gasteiger partial charge on any atom is 0.154 e. The lowest BCUT2D eigenvalue weighted by atomic mass is 10.1. The summed E-state index contributed by atoms with van der Waals surface area (Å²) in [6.07, 6.45) is 1.78. The molecule has 148 valence electrons. The first-order chi connectivity index (χ1) is 14.1. The highest BCUT2D eigenvalue weighted by Gasteiger charge is 2.11. The van der Waals surface area contributed by atoms with Crippen LogP contribution in [0.15, 0.2) is 66.9 Å². The zero-order chi connectivity index (χ0) is 20.2. The molecular weight excluding hydrogens is 369 g/mol. The second-order valence-corrected chi connectivity index (χ2v) is 6.72. The summed E-state index contributed by atoms with van der Waals surface area (Å²) in [5, 5.41) is 8.00. The number of hydrogen-bond acceptors (Lipinski definition) is 5. The molecule has 0 radical (unpaired) electrons. The van der Waals surface area contributed by atoms with E-state index in [0.717, 1.165) is 28.2 Å². The van der Waals surface area contributed by atoms with Crippen LogP contribution in [0.2, 0.25) is 0 Å². The molecule has 29 heavy (non-hydrogen) atoms. The third kappa shape index (κ3) is 4.20. The first-order valence-corrected chi connectivity index (χ1v) is 9.44. The zero-order valence-corrected chi connectivity index (χ0v) is 16.0. The van der Waals surface area contributed by atoms with Gasteiger partial charge in [-0.15, -0.1) is 5.10 Å². The highest BCUT2D eigenvalue weighted by molar-refractivity contribution is 5.65. The molecule has 1 atom stereocenters. The molecule has 2 heterocycles. The predicted octanol–water partition coefficient (Wildman–Crippen LogP) is 4.05. The van der Waals surface area contributed by atoms with Crippen LogP contribution in [-0.2, 0) is 0 Å². The van der Waals surface area contributed by atoms with Crippen molar-refractivity contribution < 1.29 is 9.13 Å². The second-order valence-electron chi connectivity index (χ2n) is 6.72. The number of ether oxygens (including phenoxy) is 1. The average molecular weight is 391 g/mol. The van der Waals surface area contributed by atoms with Crippen molar-refractivity contribution in [2.24, 2.45) is 5.73 Å². The van der Waals surface area contributed by atoms with E-state index in [0.29, 0.717) is 19.0 Å². The monoisotopic (exact) mass is 391 g/mol. The Bertz CT molecular complexity index is 1130. The van der Waals surface area contributed by atoms with E-state index in [1.165, 1.54) is 12.1 Å². The molecule has 3 N–H and O–H groups in total. The molecule has 0 amide bonds. The summed E-state index contributed by atoms with van der Waals surface area (Å²) < 4.78 is 20.9. The van der Waals surface area contributed by atoms with E-state index >= 15 is 0 Å². The van der Waals surface area contributed by atoms with E-state index in [2.05, 4.69) is 15.4 Å². The fourth-order valence-electron chi connectivity index (χ4n) is 3.15. The van der Waals surface area contributed by atoms with Crippen LogP contribution >= 0.6 is 0 Å². The van der Waals surface area contributed by atoms with Gasteiger partial charge in [-0.3, -0.25) is 0 Å². The van der Waals surface area contributed by atoms with E-state index < -0.39 is 0 Å². The second kappa shape index (κ2) is 8.28. The van der Waals surface area contributed by atoms with Crippen LogP contribution in [0.25, 0.3) is 16.9 Å². The lowest BCUT2D eigenvalue weighted by Crippen LogP contribution is -2.10. The average Bonchev–Trinajstić information content (AvgIpc) is 3.16. The number of nitrogens with zero attached hydrogens (tertiary/aromatic N) is 3. The van der Waals surface area contributed by atoms with Crippen molar-refractivity contribution in [3.05, 3.63) is 78.2 Å². The number of fused-ring (bicyclic) bond motifs is 1. The molecule has 0 fully saturated rings. The Balaban J connectivity index is 1.63. The molecule has 0 saturated carbocycles. The van der Waals surface area contributed by atoms with Crippen LogP contribution in [-0.4, -0.2) is 27.7 Å². The Kier molecular flexibility index (Phi) is 5.39. The Morgan fingerprint density at radius 2 is 2.00 bits per heavy atom. The summed E-state index contributed by atoms with van der Waals surface area (Å²) in [7, 11) is 0. The van der Waals surface area contributed by atoms with Crippen molar-refractivity contribution in [3.8, 4) is 17.0 Å². The fourth-order valence-corrected chi connectivity index (χ4v) is 3.15. The van der Waals surface area contributed by atoms with E-state index in [1.807, 2.05) is 49.4 Å². The summed E-state index contributed by atoms with van der Waals surface area (Å²) in [4.78, 5) is 4.44. The van der Waals surface area contributed by atoms with E-state index in [-0.39, 0.29) is 11.9 Å². The largest absolute Gasteiger partial charge is 0.492 e. The molecule has 6 nitrogen and oxygen atoms in total. The van der Waals surface area contributed by atoms with E-state index in [9.17, 15) is 4.39 Å². The topological polar surface area (TPSA) is 77.5 Å². The molecule has 2 aromatic heterocycles. The van der Waals surface area contributed by atoms with Crippen LogP contribution in [0.4, 0.5) is 10.2 Å². The summed E-state index contributed by atoms with van der Waals surface area (Å²) in [5.74, 6) is 1.16. The summed E-state index contributed by atoms with van der Waals surface area (Å²) in [6.45, 7) is 2.88. The molecule has 4 rings (SSSR count). The number of hydrogen-bond donors (Lipinski definition) is 2. The van der Waals surface area contributed by atoms with Crippen molar-refractivity contribution >= 4 is 11.5 Å². The first-order valence-electron chi connectivity index (χ1n) is 9.44. The predicted molar refractivity (Wildman–Crippen MR) is 111 cm³/mol. The normalized spacial score (nSPS) is 12.1. The van der Waals surface area contributed by atoms with Gasteiger partial charge in [0.1, 0.15) is 24.0 Å². The highest BCUT2D eigenvalue weighted by Crippen LogP contribution is 2.25. The molecule has 0 saturated heterocycles. The lowest BCUT2D eigenvalue weighted by Gasteiger charge is -2.15. The Morgan fingerprint density at radius 3 is 2.83 bits per heavy atom. The standard InChI is InChI=1S/C22H22FN5O/c1-15(16-4-2-6-18(23)12-16)26-21-8-9-22-25-14-20(28(22)27-21)17-5-3-7-19(13-17)29-11-10-24/h2-9,12-15H,10-11,24H2,1H3,(H,26,27). The number of nitrogens with two attached hydrogens (primary N) is 1. The molecule has 1 unspecified atom stereocenters. The van der Waals surface area contributed by atoms with Gasteiger partial charge in [0.2, 0.25) is 0 Å². The zero-order valence-electron chi connectivity index (χ0n) is 16.0. The number of anilines is 1. The summed E-state index contributed by atoms with van der Waals surface area (Å²) in [5.41, 5.74) is 8.88. The van der Waals surface area contributed by atoms with Crippen LogP contribution < -0.4 is 15.8 Å². The Labute approximate surface area is 168 Å². The summed E-state index contributed by atoms with van der Waals surface area (Å²) >= 11 is 0. The van der Waals surface area contributed by atoms with Gasteiger partial charge >= 0.3 is 0 Å². The molecule has 4 aromatic rings. The maximum absolute atomic E-state index is 13.5. The fraction of sp³-hybridized carbons (Fsp3) is 0.182. The third-order valence-electron chi connectivity index (χ3n) is 4.59. The minimum atomic E-state index is -0.256. The van der Waals surface area contributed by atoms with Gasteiger partial charge in [-0.1, -0.05) is 24.3 Å². The third-order valence-corrected chi connectivity index (χ3v) is 4.59. The minimum absolute atomic E-state index is 0.101. The molecular formula is C22H22FN5O. The first kappa shape index (κ1) is 18.9. The number of rotatable bonds is 7. The molecule has 0 bridgehead atoms. The van der Waals surface area contributed by atoms with Crippen LogP contribution in [0, 0.1) is 5.82 Å². The van der Waals surface area contributed by atoms with Crippen LogP contribution in [0.3, 0.4) is 0 Å². The SMILES string of the molecule is CC(Nc1ccc2ncc(-c3cccc(OCCN)c3)n2n1)c1cccc(F)c1. The Hall–Kier alpha value is -3.45. The number of halogens is 1. The van der Waals surface area contributed by atoms with Crippen LogP contribution in [0.1, 0.15) is 18.5 Å². The lowest BCUT2D eigenvalue weighted by molar-refractivity contribution is 0.328. The van der Waals surface area contributed by atoms with Crippen molar-refractivity contribution in [2.45, 2.75) is 13.0 Å². The van der Waals surface area contributed by atoms with Gasteiger partial charge in [0.25, 0.3) is 0 Å². The molecule has 0 aliphatic carbocycles. The molecule has 2 aromatic carbocycles. The highest BCUT2D eigenvalue weighted by atomic mass is 19.1. The smallest absolute Gasteiger partial charge is 0.154 e. The van der Waals surface area contributed by atoms with Gasteiger partial charge in [-0.25, -0.2) is 13.9 Å². The maximum atomic E-state index is 13.5. The Morgan fingerprint density at radius 1 is 1.14 bits per heavy atom. The van der Waals surface area contributed by atoms with Gasteiger partial charge in [0, 0.05) is 12.1 Å². The van der Waals surface area contributed by atoms with Crippen LogP contribution in [0.5, 0.6) is 5.75 Å². The van der Waals surface area contributed by atoms with Crippen molar-refractivity contribution in [2.75, 3.05) is 18.5 Å². The summed E-state index contributed by atoms with van der Waals surface area (Å²) in [6, 6.07) is 17.9. The molecule has 0 aliphatic rings. The number of nitrogens with one attached hydrogen (secondary N) is 1. The van der Waals surface area contributed by atoms with Gasteiger partial charge in [-0.2, -0.15) is 0 Å². The van der Waals surface area contributed by atoms with Gasteiger partial charge < -0.3 is 15.8 Å². The van der Waals surface area contributed by atoms with Gasteiger partial charge in [0.05, 0.1) is 17.9 Å². The number of aromatic nitrogens is 3. The molecule has 0 aliphatic heterocycles. The number of imidazole rings is 1.